The number of rotatable bonds is 4. The molecule has 16 heavy (non-hydrogen) atoms. The van der Waals surface area contributed by atoms with Crippen LogP contribution in [0.2, 0.25) is 0 Å². The van der Waals surface area contributed by atoms with Crippen molar-refractivity contribution in [2.75, 3.05) is 14.1 Å². The van der Waals surface area contributed by atoms with Crippen LogP contribution in [0.15, 0.2) is 18.2 Å². The van der Waals surface area contributed by atoms with Crippen molar-refractivity contribution in [3.8, 4) is 11.5 Å². The summed E-state index contributed by atoms with van der Waals surface area (Å²) >= 11 is 0. The second-order valence-electron chi connectivity index (χ2n) is 3.60. The minimum atomic E-state index is -4.03. The Morgan fingerprint density at radius 2 is 2.06 bits per heavy atom. The monoisotopic (exact) mass is 246 g/mol. The molecule has 0 aliphatic rings. The standard InChI is InChI=1S/C9H14N2O4S/c1-11(2)6-7-5-8(3-4-9(7)12)15-16(10,13)14/h3-5,12H,6H2,1-2H3,(H2,10,13,14). The van der Waals surface area contributed by atoms with Crippen LogP contribution in [-0.4, -0.2) is 32.5 Å². The molecule has 7 heteroatoms. The topological polar surface area (TPSA) is 92.9 Å². The quantitative estimate of drug-likeness (QED) is 0.782. The number of nitrogens with zero attached hydrogens (tertiary/aromatic N) is 1. The zero-order valence-electron chi connectivity index (χ0n) is 9.04. The van der Waals surface area contributed by atoms with E-state index in [-0.39, 0.29) is 11.5 Å². The van der Waals surface area contributed by atoms with Crippen LogP contribution in [0.4, 0.5) is 0 Å². The van der Waals surface area contributed by atoms with Gasteiger partial charge in [-0.1, -0.05) is 0 Å². The van der Waals surface area contributed by atoms with Gasteiger partial charge in [0.05, 0.1) is 0 Å². The van der Waals surface area contributed by atoms with Crippen molar-refractivity contribution in [2.24, 2.45) is 5.14 Å². The molecule has 1 aromatic rings. The predicted molar refractivity (Wildman–Crippen MR) is 59.2 cm³/mol. The molecule has 6 nitrogen and oxygen atoms in total. The molecule has 0 atom stereocenters. The summed E-state index contributed by atoms with van der Waals surface area (Å²) in [5.74, 6) is 0.160. The number of benzene rings is 1. The summed E-state index contributed by atoms with van der Waals surface area (Å²) in [6.45, 7) is 0.466. The molecular weight excluding hydrogens is 232 g/mol. The van der Waals surface area contributed by atoms with Crippen LogP contribution in [0.25, 0.3) is 0 Å². The highest BCUT2D eigenvalue weighted by atomic mass is 32.2. The van der Waals surface area contributed by atoms with Gasteiger partial charge in [0.25, 0.3) is 0 Å². The van der Waals surface area contributed by atoms with Crippen molar-refractivity contribution < 1.29 is 17.7 Å². The maximum absolute atomic E-state index is 10.7. The van der Waals surface area contributed by atoms with Gasteiger partial charge in [-0.05, 0) is 32.3 Å². The lowest BCUT2D eigenvalue weighted by molar-refractivity contribution is 0.384. The number of phenolic OH excluding ortho intramolecular Hbond substituents is 1. The van der Waals surface area contributed by atoms with E-state index in [4.69, 9.17) is 5.14 Å². The fourth-order valence-corrected chi connectivity index (χ4v) is 1.59. The second kappa shape index (κ2) is 4.69. The van der Waals surface area contributed by atoms with E-state index in [9.17, 15) is 13.5 Å². The van der Waals surface area contributed by atoms with E-state index in [1.54, 1.807) is 0 Å². The molecule has 0 aliphatic heterocycles. The first-order valence-electron chi connectivity index (χ1n) is 4.47. The Hall–Kier alpha value is -1.31. The maximum atomic E-state index is 10.7. The summed E-state index contributed by atoms with van der Waals surface area (Å²) in [5, 5.41) is 14.3. The first-order valence-corrected chi connectivity index (χ1v) is 5.94. The van der Waals surface area contributed by atoms with Crippen LogP contribution in [0.3, 0.4) is 0 Å². The molecule has 0 heterocycles. The molecule has 3 N–H and O–H groups in total. The first kappa shape index (κ1) is 12.8. The molecule has 1 aromatic carbocycles. The molecule has 0 fully saturated rings. The third kappa shape index (κ3) is 4.05. The summed E-state index contributed by atoms with van der Waals surface area (Å²) < 4.78 is 25.9. The summed E-state index contributed by atoms with van der Waals surface area (Å²) in [6, 6.07) is 4.12. The lowest BCUT2D eigenvalue weighted by Gasteiger charge is -2.12. The molecule has 0 saturated carbocycles. The minimum absolute atomic E-state index is 0.0791. The zero-order chi connectivity index (χ0) is 12.3. The summed E-state index contributed by atoms with van der Waals surface area (Å²) in [4.78, 5) is 1.83. The van der Waals surface area contributed by atoms with Gasteiger partial charge in [0.2, 0.25) is 0 Å². The van der Waals surface area contributed by atoms with E-state index in [0.717, 1.165) is 0 Å². The van der Waals surface area contributed by atoms with E-state index < -0.39 is 10.3 Å². The van der Waals surface area contributed by atoms with Crippen molar-refractivity contribution in [2.45, 2.75) is 6.54 Å². The Bertz CT molecular complexity index is 470. The van der Waals surface area contributed by atoms with Crippen LogP contribution >= 0.6 is 0 Å². The highest BCUT2D eigenvalue weighted by molar-refractivity contribution is 7.84. The Kier molecular flexibility index (Phi) is 3.74. The Morgan fingerprint density at radius 1 is 1.44 bits per heavy atom. The SMILES string of the molecule is CN(C)Cc1cc(OS(N)(=O)=O)ccc1O. The average molecular weight is 246 g/mol. The smallest absolute Gasteiger partial charge is 0.380 e. The molecule has 0 amide bonds. The molecule has 0 bridgehead atoms. The molecule has 0 spiro atoms. The van der Waals surface area contributed by atoms with Crippen LogP contribution in [0.5, 0.6) is 11.5 Å². The van der Waals surface area contributed by atoms with Crippen molar-refractivity contribution in [1.82, 2.24) is 4.90 Å². The van der Waals surface area contributed by atoms with E-state index in [1.165, 1.54) is 18.2 Å². The highest BCUT2D eigenvalue weighted by Gasteiger charge is 2.09. The van der Waals surface area contributed by atoms with Crippen LogP contribution < -0.4 is 9.32 Å². The molecule has 0 radical (unpaired) electrons. The highest BCUT2D eigenvalue weighted by Crippen LogP contribution is 2.24. The average Bonchev–Trinajstić information content (AvgIpc) is 2.07. The van der Waals surface area contributed by atoms with Crippen LogP contribution in [-0.2, 0) is 16.8 Å². The van der Waals surface area contributed by atoms with Crippen molar-refractivity contribution in [3.63, 3.8) is 0 Å². The van der Waals surface area contributed by atoms with Gasteiger partial charge in [-0.25, -0.2) is 0 Å². The maximum Gasteiger partial charge on any atom is 0.380 e. The van der Waals surface area contributed by atoms with E-state index in [1.807, 2.05) is 19.0 Å². The normalized spacial score (nSPS) is 11.8. The first-order chi connectivity index (χ1) is 7.28. The van der Waals surface area contributed by atoms with Crippen molar-refractivity contribution in [1.29, 1.82) is 0 Å². The lowest BCUT2D eigenvalue weighted by atomic mass is 10.2. The molecule has 0 aliphatic carbocycles. The van der Waals surface area contributed by atoms with Gasteiger partial charge in [0, 0.05) is 12.1 Å². The van der Waals surface area contributed by atoms with E-state index in [0.29, 0.717) is 12.1 Å². The summed E-state index contributed by atoms with van der Waals surface area (Å²) in [7, 11) is -0.378. The Labute approximate surface area is 94.5 Å². The van der Waals surface area contributed by atoms with Gasteiger partial charge in [-0.15, -0.1) is 0 Å². The predicted octanol–water partition coefficient (Wildman–Crippen LogP) is 0.0361. The number of aromatic hydroxyl groups is 1. The number of nitrogens with two attached hydrogens (primary N) is 1. The largest absolute Gasteiger partial charge is 0.508 e. The van der Waals surface area contributed by atoms with Gasteiger partial charge >= 0.3 is 10.3 Å². The van der Waals surface area contributed by atoms with Gasteiger partial charge < -0.3 is 14.2 Å². The summed E-state index contributed by atoms with van der Waals surface area (Å²) in [5.41, 5.74) is 0.561. The molecule has 0 saturated heterocycles. The zero-order valence-corrected chi connectivity index (χ0v) is 9.86. The number of hydrogen-bond acceptors (Lipinski definition) is 5. The van der Waals surface area contributed by atoms with Gasteiger partial charge in [0.1, 0.15) is 11.5 Å². The third-order valence-electron chi connectivity index (χ3n) is 1.75. The number of hydrogen-bond donors (Lipinski definition) is 2. The lowest BCUT2D eigenvalue weighted by Crippen LogP contribution is -2.19. The van der Waals surface area contributed by atoms with Gasteiger partial charge in [-0.2, -0.15) is 13.6 Å². The fourth-order valence-electron chi connectivity index (χ4n) is 1.22. The second-order valence-corrected chi connectivity index (χ2v) is 4.76. The van der Waals surface area contributed by atoms with E-state index in [2.05, 4.69) is 4.18 Å². The Morgan fingerprint density at radius 3 is 2.56 bits per heavy atom. The van der Waals surface area contributed by atoms with Crippen molar-refractivity contribution >= 4 is 10.3 Å². The molecule has 90 valence electrons. The van der Waals surface area contributed by atoms with E-state index >= 15 is 0 Å². The van der Waals surface area contributed by atoms with Crippen LogP contribution in [0.1, 0.15) is 5.56 Å². The van der Waals surface area contributed by atoms with Crippen molar-refractivity contribution in [3.05, 3.63) is 23.8 Å². The third-order valence-corrected chi connectivity index (χ3v) is 2.17. The Balaban J connectivity index is 2.98. The molecular formula is C9H14N2O4S. The number of phenols is 1. The van der Waals surface area contributed by atoms with Gasteiger partial charge in [-0.3, -0.25) is 0 Å². The minimum Gasteiger partial charge on any atom is -0.508 e. The summed E-state index contributed by atoms with van der Waals surface area (Å²) in [6.07, 6.45) is 0. The fraction of sp³-hybridized carbons (Fsp3) is 0.333. The molecule has 0 unspecified atom stereocenters. The van der Waals surface area contributed by atoms with Crippen LogP contribution in [0, 0.1) is 0 Å². The van der Waals surface area contributed by atoms with Gasteiger partial charge in [0.15, 0.2) is 0 Å². The molecule has 0 aromatic heterocycles. The molecule has 1 rings (SSSR count).